The van der Waals surface area contributed by atoms with Gasteiger partial charge in [0.2, 0.25) is 0 Å². The van der Waals surface area contributed by atoms with Crippen molar-refractivity contribution in [2.45, 2.75) is 25.9 Å². The lowest BCUT2D eigenvalue weighted by molar-refractivity contribution is 0.161. The fourth-order valence-electron chi connectivity index (χ4n) is 2.39. The third kappa shape index (κ3) is 2.22. The van der Waals surface area contributed by atoms with E-state index >= 15 is 0 Å². The van der Waals surface area contributed by atoms with Crippen LogP contribution in [0.4, 0.5) is 0 Å². The van der Waals surface area contributed by atoms with Gasteiger partial charge in [0, 0.05) is 36.9 Å². The lowest BCUT2D eigenvalue weighted by Gasteiger charge is -2.34. The zero-order valence-corrected chi connectivity index (χ0v) is 10.9. The zero-order chi connectivity index (χ0) is 11.8. The molecule has 2 aromatic heterocycles. The molecule has 0 amide bonds. The smallest absolute Gasteiger partial charge is 0.193 e. The Kier molecular flexibility index (Phi) is 2.90. The minimum atomic E-state index is 0.312. The second kappa shape index (κ2) is 4.40. The van der Waals surface area contributed by atoms with E-state index in [1.54, 1.807) is 11.3 Å². The summed E-state index contributed by atoms with van der Waals surface area (Å²) in [4.78, 5) is 8.10. The monoisotopic (exact) mass is 250 g/mol. The van der Waals surface area contributed by atoms with Crippen molar-refractivity contribution in [2.75, 3.05) is 13.1 Å². The van der Waals surface area contributed by atoms with Crippen LogP contribution in [0, 0.1) is 5.92 Å². The van der Waals surface area contributed by atoms with Gasteiger partial charge >= 0.3 is 0 Å². The predicted molar refractivity (Wildman–Crippen MR) is 70.1 cm³/mol. The number of piperidine rings is 1. The van der Waals surface area contributed by atoms with Gasteiger partial charge in [-0.15, -0.1) is 11.3 Å². The van der Waals surface area contributed by atoms with Crippen LogP contribution in [0.2, 0.25) is 0 Å². The van der Waals surface area contributed by atoms with E-state index < -0.39 is 0 Å². The highest BCUT2D eigenvalue weighted by molar-refractivity contribution is 7.15. The van der Waals surface area contributed by atoms with Gasteiger partial charge < -0.3 is 5.73 Å². The highest BCUT2D eigenvalue weighted by atomic mass is 32.1. The third-order valence-corrected chi connectivity index (χ3v) is 4.40. The zero-order valence-electron chi connectivity index (χ0n) is 10.0. The number of imidazole rings is 1. The first kappa shape index (κ1) is 11.2. The van der Waals surface area contributed by atoms with E-state index in [1.807, 2.05) is 0 Å². The lowest BCUT2D eigenvalue weighted by atomic mass is 9.94. The van der Waals surface area contributed by atoms with Crippen molar-refractivity contribution < 1.29 is 0 Å². The predicted octanol–water partition coefficient (Wildman–Crippen LogP) is 1.56. The third-order valence-electron chi connectivity index (χ3n) is 3.63. The fraction of sp³-hybridized carbons (Fsp3) is 0.583. The molecule has 1 saturated heterocycles. The minimum absolute atomic E-state index is 0.312. The maximum Gasteiger partial charge on any atom is 0.193 e. The molecule has 2 unspecified atom stereocenters. The number of hydrogen-bond acceptors (Lipinski definition) is 4. The Morgan fingerprint density at radius 2 is 2.47 bits per heavy atom. The molecule has 1 aliphatic heterocycles. The van der Waals surface area contributed by atoms with E-state index in [4.69, 9.17) is 5.73 Å². The van der Waals surface area contributed by atoms with Gasteiger partial charge in [-0.25, -0.2) is 4.98 Å². The normalized spacial score (nSPS) is 26.7. The number of rotatable bonds is 2. The van der Waals surface area contributed by atoms with E-state index in [0.29, 0.717) is 12.0 Å². The number of likely N-dealkylation sites (tertiary alicyclic amines) is 1. The van der Waals surface area contributed by atoms with Crippen LogP contribution < -0.4 is 5.73 Å². The summed E-state index contributed by atoms with van der Waals surface area (Å²) in [7, 11) is 0. The Hall–Kier alpha value is -0.910. The summed E-state index contributed by atoms with van der Waals surface area (Å²) in [5.74, 6) is 0.650. The van der Waals surface area contributed by atoms with Gasteiger partial charge in [-0.2, -0.15) is 0 Å². The average Bonchev–Trinajstić information content (AvgIpc) is 2.84. The standard InChI is InChI=1S/C12H18N4S/c1-9-2-3-15(8-11(9)13)6-10-7-16-4-5-17-12(16)14-10/h4-5,7,9,11H,2-3,6,8,13H2,1H3. The van der Waals surface area contributed by atoms with E-state index in [9.17, 15) is 0 Å². The Bertz CT molecular complexity index is 475. The van der Waals surface area contributed by atoms with Gasteiger partial charge in [0.1, 0.15) is 0 Å². The Balaban J connectivity index is 1.69. The summed E-state index contributed by atoms with van der Waals surface area (Å²) in [6, 6.07) is 0.312. The molecule has 4 nitrogen and oxygen atoms in total. The topological polar surface area (TPSA) is 46.6 Å². The number of thiazole rings is 1. The lowest BCUT2D eigenvalue weighted by Crippen LogP contribution is -2.47. The van der Waals surface area contributed by atoms with Crippen LogP contribution in [0.1, 0.15) is 19.0 Å². The molecule has 0 spiro atoms. The molecule has 0 aliphatic carbocycles. The summed E-state index contributed by atoms with van der Waals surface area (Å²) in [5, 5.41) is 2.06. The summed E-state index contributed by atoms with van der Waals surface area (Å²) < 4.78 is 2.09. The van der Waals surface area contributed by atoms with E-state index in [0.717, 1.165) is 30.3 Å². The van der Waals surface area contributed by atoms with Crippen LogP contribution in [0.5, 0.6) is 0 Å². The van der Waals surface area contributed by atoms with Gasteiger partial charge in [-0.1, -0.05) is 6.92 Å². The first-order chi connectivity index (χ1) is 8.22. The summed E-state index contributed by atoms with van der Waals surface area (Å²) in [6.07, 6.45) is 5.37. The highest BCUT2D eigenvalue weighted by Gasteiger charge is 2.23. The highest BCUT2D eigenvalue weighted by Crippen LogP contribution is 2.18. The first-order valence-corrected chi connectivity index (χ1v) is 6.99. The van der Waals surface area contributed by atoms with Gasteiger partial charge in [-0.05, 0) is 18.9 Å². The molecule has 2 atom stereocenters. The van der Waals surface area contributed by atoms with Crippen LogP contribution in [-0.2, 0) is 6.54 Å². The van der Waals surface area contributed by atoms with Crippen molar-refractivity contribution in [3.8, 4) is 0 Å². The molecule has 3 heterocycles. The molecule has 0 bridgehead atoms. The number of nitrogens with zero attached hydrogens (tertiary/aromatic N) is 3. The molecule has 0 aromatic carbocycles. The molecule has 17 heavy (non-hydrogen) atoms. The van der Waals surface area contributed by atoms with Gasteiger partial charge in [0.15, 0.2) is 4.96 Å². The SMILES string of the molecule is CC1CCN(Cc2cn3ccsc3n2)CC1N. The average molecular weight is 250 g/mol. The van der Waals surface area contributed by atoms with Crippen LogP contribution in [0.3, 0.4) is 0 Å². The van der Waals surface area contributed by atoms with Crippen molar-refractivity contribution in [3.63, 3.8) is 0 Å². The Morgan fingerprint density at radius 1 is 1.59 bits per heavy atom. The number of fused-ring (bicyclic) bond motifs is 1. The number of hydrogen-bond donors (Lipinski definition) is 1. The van der Waals surface area contributed by atoms with E-state index in [2.05, 4.69) is 39.0 Å². The van der Waals surface area contributed by atoms with Gasteiger partial charge in [0.25, 0.3) is 0 Å². The molecule has 2 aromatic rings. The van der Waals surface area contributed by atoms with Crippen LogP contribution in [-0.4, -0.2) is 33.4 Å². The molecule has 3 rings (SSSR count). The molecular weight excluding hydrogens is 232 g/mol. The summed E-state index contributed by atoms with van der Waals surface area (Å²) >= 11 is 1.68. The summed E-state index contributed by atoms with van der Waals surface area (Å²) in [6.45, 7) is 5.30. The van der Waals surface area contributed by atoms with Crippen molar-refractivity contribution >= 4 is 16.3 Å². The van der Waals surface area contributed by atoms with Crippen LogP contribution in [0.25, 0.3) is 4.96 Å². The van der Waals surface area contributed by atoms with Crippen molar-refractivity contribution in [2.24, 2.45) is 11.7 Å². The largest absolute Gasteiger partial charge is 0.326 e. The Labute approximate surface area is 105 Å². The molecule has 5 heteroatoms. The second-order valence-electron chi connectivity index (χ2n) is 4.99. The van der Waals surface area contributed by atoms with Crippen molar-refractivity contribution in [1.82, 2.24) is 14.3 Å². The molecule has 2 N–H and O–H groups in total. The molecule has 92 valence electrons. The minimum Gasteiger partial charge on any atom is -0.326 e. The van der Waals surface area contributed by atoms with Crippen molar-refractivity contribution in [3.05, 3.63) is 23.5 Å². The van der Waals surface area contributed by atoms with E-state index in [-0.39, 0.29) is 0 Å². The van der Waals surface area contributed by atoms with Gasteiger partial charge in [-0.3, -0.25) is 9.30 Å². The second-order valence-corrected chi connectivity index (χ2v) is 5.86. The molecule has 0 saturated carbocycles. The Morgan fingerprint density at radius 3 is 3.24 bits per heavy atom. The maximum absolute atomic E-state index is 6.11. The molecule has 1 fully saturated rings. The quantitative estimate of drug-likeness (QED) is 0.880. The van der Waals surface area contributed by atoms with Crippen molar-refractivity contribution in [1.29, 1.82) is 0 Å². The molecular formula is C12H18N4S. The number of nitrogens with two attached hydrogens (primary N) is 1. The van der Waals surface area contributed by atoms with Crippen LogP contribution >= 0.6 is 11.3 Å². The van der Waals surface area contributed by atoms with Crippen LogP contribution in [0.15, 0.2) is 17.8 Å². The maximum atomic E-state index is 6.11. The first-order valence-electron chi connectivity index (χ1n) is 6.11. The molecule has 1 aliphatic rings. The van der Waals surface area contributed by atoms with E-state index in [1.165, 1.54) is 6.42 Å². The molecule has 0 radical (unpaired) electrons. The summed E-state index contributed by atoms with van der Waals surface area (Å²) in [5.41, 5.74) is 7.26. The number of aromatic nitrogens is 2. The van der Waals surface area contributed by atoms with Gasteiger partial charge in [0.05, 0.1) is 5.69 Å². The fourth-order valence-corrected chi connectivity index (χ4v) is 3.11.